The number of Topliss-reactive ketones (excluding diaryl/α,β-unsaturated/α-hetero) is 1. The van der Waals surface area contributed by atoms with Crippen LogP contribution < -0.4 is 10.3 Å². The van der Waals surface area contributed by atoms with Crippen molar-refractivity contribution in [3.05, 3.63) is 57.0 Å². The van der Waals surface area contributed by atoms with Crippen LogP contribution in [-0.2, 0) is 6.54 Å². The van der Waals surface area contributed by atoms with Gasteiger partial charge in [-0.3, -0.25) is 14.2 Å². The number of carbonyl (C=O) groups excluding carboxylic acids is 1. The minimum atomic E-state index is -0.168. The van der Waals surface area contributed by atoms with Gasteiger partial charge in [-0.2, -0.15) is 0 Å². The molecule has 0 aliphatic rings. The van der Waals surface area contributed by atoms with Crippen molar-refractivity contribution in [3.63, 3.8) is 0 Å². The van der Waals surface area contributed by atoms with Gasteiger partial charge in [0.15, 0.2) is 5.78 Å². The zero-order valence-corrected chi connectivity index (χ0v) is 13.9. The molecule has 0 N–H and O–H groups in total. The molecule has 0 saturated carbocycles. The Bertz CT molecular complexity index is 939. The molecule has 0 spiro atoms. The van der Waals surface area contributed by atoms with Crippen molar-refractivity contribution in [2.75, 3.05) is 7.11 Å². The van der Waals surface area contributed by atoms with E-state index >= 15 is 0 Å². The lowest BCUT2D eigenvalue weighted by Crippen LogP contribution is -2.24. The van der Waals surface area contributed by atoms with Crippen molar-refractivity contribution in [1.82, 2.24) is 9.55 Å². The number of ether oxygens (including phenoxy) is 1. The molecule has 23 heavy (non-hydrogen) atoms. The molecule has 0 aliphatic carbocycles. The molecule has 5 nitrogen and oxygen atoms in total. The lowest BCUT2D eigenvalue weighted by molar-refractivity contribution is 0.0970. The summed E-state index contributed by atoms with van der Waals surface area (Å²) in [5.74, 6) is 0.548. The van der Waals surface area contributed by atoms with Crippen LogP contribution >= 0.6 is 11.3 Å². The van der Waals surface area contributed by atoms with Crippen LogP contribution in [-0.4, -0.2) is 22.4 Å². The maximum Gasteiger partial charge on any atom is 0.262 e. The van der Waals surface area contributed by atoms with Gasteiger partial charge in [0.1, 0.15) is 10.6 Å². The fourth-order valence-corrected chi connectivity index (χ4v) is 3.39. The Morgan fingerprint density at radius 2 is 1.96 bits per heavy atom. The standard InChI is InChI=1S/C17H16N2O3S/c1-10-11(2)23-16-15(10)17(21)19(9-18-16)8-14(20)12-4-6-13(22-3)7-5-12/h4-7,9H,8H2,1-3H3. The first-order chi connectivity index (χ1) is 11.0. The molecule has 2 aromatic heterocycles. The molecule has 0 unspecified atom stereocenters. The first-order valence-corrected chi connectivity index (χ1v) is 7.95. The number of aromatic nitrogens is 2. The summed E-state index contributed by atoms with van der Waals surface area (Å²) in [4.78, 5) is 31.1. The lowest BCUT2D eigenvalue weighted by atomic mass is 10.1. The molecule has 0 atom stereocenters. The highest BCUT2D eigenvalue weighted by molar-refractivity contribution is 7.18. The summed E-state index contributed by atoms with van der Waals surface area (Å²) in [6, 6.07) is 6.84. The van der Waals surface area contributed by atoms with Crippen LogP contribution in [0.15, 0.2) is 35.4 Å². The summed E-state index contributed by atoms with van der Waals surface area (Å²) >= 11 is 1.50. The summed E-state index contributed by atoms with van der Waals surface area (Å²) in [6.07, 6.45) is 1.45. The predicted molar refractivity (Wildman–Crippen MR) is 90.7 cm³/mol. The first-order valence-electron chi connectivity index (χ1n) is 7.13. The number of methoxy groups -OCH3 is 1. The predicted octanol–water partition coefficient (Wildman–Crippen LogP) is 2.97. The van der Waals surface area contributed by atoms with Gasteiger partial charge < -0.3 is 4.74 Å². The molecule has 6 heteroatoms. The van der Waals surface area contributed by atoms with E-state index < -0.39 is 0 Å². The number of hydrogen-bond acceptors (Lipinski definition) is 5. The third-order valence-corrected chi connectivity index (χ3v) is 5.00. The number of hydrogen-bond donors (Lipinski definition) is 0. The van der Waals surface area contributed by atoms with Crippen molar-refractivity contribution in [3.8, 4) is 5.75 Å². The molecule has 0 aliphatic heterocycles. The second kappa shape index (κ2) is 5.96. The Kier molecular flexibility index (Phi) is 4.00. The normalized spacial score (nSPS) is 10.9. The quantitative estimate of drug-likeness (QED) is 0.691. The van der Waals surface area contributed by atoms with Crippen LogP contribution in [0.1, 0.15) is 20.8 Å². The molecule has 0 radical (unpaired) electrons. The second-order valence-corrected chi connectivity index (χ2v) is 6.50. The number of benzene rings is 1. The third kappa shape index (κ3) is 2.77. The van der Waals surface area contributed by atoms with E-state index in [9.17, 15) is 9.59 Å². The highest BCUT2D eigenvalue weighted by Gasteiger charge is 2.14. The number of carbonyl (C=O) groups is 1. The fraction of sp³-hybridized carbons (Fsp3) is 0.235. The van der Waals surface area contributed by atoms with Crippen LogP contribution in [0.4, 0.5) is 0 Å². The highest BCUT2D eigenvalue weighted by atomic mass is 32.1. The molecule has 0 amide bonds. The van der Waals surface area contributed by atoms with Gasteiger partial charge in [0, 0.05) is 10.4 Å². The zero-order chi connectivity index (χ0) is 16.6. The molecule has 1 aromatic carbocycles. The largest absolute Gasteiger partial charge is 0.497 e. The lowest BCUT2D eigenvalue weighted by Gasteiger charge is -2.06. The third-order valence-electron chi connectivity index (χ3n) is 3.88. The molecule has 0 saturated heterocycles. The molecular weight excluding hydrogens is 312 g/mol. The Labute approximate surface area is 137 Å². The molecular formula is C17H16N2O3S. The average molecular weight is 328 g/mol. The van der Waals surface area contributed by atoms with Crippen molar-refractivity contribution >= 4 is 27.3 Å². The molecule has 3 aromatic rings. The van der Waals surface area contributed by atoms with Crippen molar-refractivity contribution < 1.29 is 9.53 Å². The van der Waals surface area contributed by atoms with E-state index in [2.05, 4.69) is 4.98 Å². The summed E-state index contributed by atoms with van der Waals surface area (Å²) < 4.78 is 6.44. The summed E-state index contributed by atoms with van der Waals surface area (Å²) in [6.45, 7) is 3.85. The fourth-order valence-electron chi connectivity index (χ4n) is 2.41. The van der Waals surface area contributed by atoms with E-state index in [1.807, 2.05) is 13.8 Å². The van der Waals surface area contributed by atoms with Crippen LogP contribution in [0.5, 0.6) is 5.75 Å². The topological polar surface area (TPSA) is 61.2 Å². The number of fused-ring (bicyclic) bond motifs is 1. The van der Waals surface area contributed by atoms with Crippen LogP contribution in [0.2, 0.25) is 0 Å². The Balaban J connectivity index is 1.94. The second-order valence-electron chi connectivity index (χ2n) is 5.29. The van der Waals surface area contributed by atoms with Crippen molar-refractivity contribution in [2.24, 2.45) is 0 Å². The van der Waals surface area contributed by atoms with Gasteiger partial charge in [0.05, 0.1) is 25.4 Å². The van der Waals surface area contributed by atoms with Crippen LogP contribution in [0, 0.1) is 13.8 Å². The number of ketones is 1. The molecule has 0 fully saturated rings. The SMILES string of the molecule is COc1ccc(C(=O)Cn2cnc3sc(C)c(C)c3c2=O)cc1. The maximum absolute atomic E-state index is 12.6. The van der Waals surface area contributed by atoms with Gasteiger partial charge in [-0.05, 0) is 43.7 Å². The van der Waals surface area contributed by atoms with Gasteiger partial charge in [0.2, 0.25) is 0 Å². The van der Waals surface area contributed by atoms with Gasteiger partial charge in [-0.1, -0.05) is 0 Å². The molecule has 0 bridgehead atoms. The minimum absolute atomic E-state index is 0.0254. The van der Waals surface area contributed by atoms with Crippen molar-refractivity contribution in [2.45, 2.75) is 20.4 Å². The summed E-state index contributed by atoms with van der Waals surface area (Å²) in [7, 11) is 1.57. The van der Waals surface area contributed by atoms with Gasteiger partial charge in [0.25, 0.3) is 5.56 Å². The Morgan fingerprint density at radius 1 is 1.26 bits per heavy atom. The highest BCUT2D eigenvalue weighted by Crippen LogP contribution is 2.25. The zero-order valence-electron chi connectivity index (χ0n) is 13.1. The maximum atomic E-state index is 12.6. The van der Waals surface area contributed by atoms with E-state index in [1.165, 1.54) is 22.2 Å². The van der Waals surface area contributed by atoms with Gasteiger partial charge in [-0.15, -0.1) is 11.3 Å². The Hall–Kier alpha value is -2.47. The number of aryl methyl sites for hydroxylation is 2. The average Bonchev–Trinajstić information content (AvgIpc) is 2.85. The number of nitrogens with zero attached hydrogens (tertiary/aromatic N) is 2. The van der Waals surface area contributed by atoms with E-state index in [1.54, 1.807) is 31.4 Å². The van der Waals surface area contributed by atoms with E-state index in [4.69, 9.17) is 4.74 Å². The number of rotatable bonds is 4. The molecule has 3 rings (SSSR count). The Morgan fingerprint density at radius 3 is 2.61 bits per heavy atom. The minimum Gasteiger partial charge on any atom is -0.497 e. The molecule has 118 valence electrons. The monoisotopic (exact) mass is 328 g/mol. The van der Waals surface area contributed by atoms with E-state index in [0.717, 1.165) is 15.3 Å². The van der Waals surface area contributed by atoms with E-state index in [0.29, 0.717) is 16.7 Å². The smallest absolute Gasteiger partial charge is 0.262 e. The van der Waals surface area contributed by atoms with Crippen LogP contribution in [0.3, 0.4) is 0 Å². The summed E-state index contributed by atoms with van der Waals surface area (Å²) in [5, 5.41) is 0.609. The van der Waals surface area contributed by atoms with Crippen molar-refractivity contribution in [1.29, 1.82) is 0 Å². The van der Waals surface area contributed by atoms with E-state index in [-0.39, 0.29) is 17.9 Å². The summed E-state index contributed by atoms with van der Waals surface area (Å²) in [5.41, 5.74) is 1.31. The number of thiophene rings is 1. The van der Waals surface area contributed by atoms with Crippen LogP contribution in [0.25, 0.3) is 10.2 Å². The van der Waals surface area contributed by atoms with Gasteiger partial charge in [-0.25, -0.2) is 4.98 Å². The van der Waals surface area contributed by atoms with Gasteiger partial charge >= 0.3 is 0 Å². The first kappa shape index (κ1) is 15.4. The molecule has 2 heterocycles.